The van der Waals surface area contributed by atoms with Crippen molar-refractivity contribution in [2.75, 3.05) is 0 Å². The van der Waals surface area contributed by atoms with Crippen LogP contribution in [0.3, 0.4) is 0 Å². The van der Waals surface area contributed by atoms with E-state index in [0.717, 1.165) is 30.3 Å². The van der Waals surface area contributed by atoms with Gasteiger partial charge >= 0.3 is 39.9 Å². The van der Waals surface area contributed by atoms with Crippen molar-refractivity contribution < 1.29 is 86.1 Å². The molecule has 5 rings (SSSR count). The zero-order chi connectivity index (χ0) is 38.4. The Morgan fingerprint density at radius 1 is 0.750 bits per heavy atom. The van der Waals surface area contributed by atoms with Crippen molar-refractivity contribution in [3.8, 4) is 23.3 Å². The summed E-state index contributed by atoms with van der Waals surface area (Å²) in [5, 5.41) is 18.2. The van der Waals surface area contributed by atoms with Crippen LogP contribution < -0.4 is 18.3 Å². The van der Waals surface area contributed by atoms with Crippen LogP contribution in [0.2, 0.25) is 0 Å². The first kappa shape index (κ1) is 37.5. The van der Waals surface area contributed by atoms with Gasteiger partial charge in [-0.15, -0.1) is 4.73 Å². The molecule has 276 valence electrons. The smallest absolute Gasteiger partial charge is 0.492 e. The molecule has 0 aliphatic rings. The fourth-order valence-corrected chi connectivity index (χ4v) is 5.60. The number of rotatable bonds is 9. The Balaban J connectivity index is 1.70. The monoisotopic (exact) mass is 767 g/mol. The lowest BCUT2D eigenvalue weighted by atomic mass is 10.0. The molecule has 2 heterocycles. The normalized spacial score (nSPS) is 12.6. The molecule has 5 aromatic rings. The van der Waals surface area contributed by atoms with Gasteiger partial charge in [-0.05, 0) is 24.3 Å². The summed E-state index contributed by atoms with van der Waals surface area (Å²) in [5.41, 5.74) is -11.4. The molecule has 0 spiro atoms. The number of alkyl halides is 9. The lowest BCUT2D eigenvalue weighted by Crippen LogP contribution is -2.37. The fraction of sp³-hybridized carbons (Fsp3) is 0.194. The number of para-hydroxylation sites is 2. The molecule has 0 atom stereocenters. The van der Waals surface area contributed by atoms with Gasteiger partial charge < -0.3 is 24.0 Å². The number of fused-ring (bicyclic) bond motifs is 2. The van der Waals surface area contributed by atoms with E-state index in [1.807, 2.05) is 0 Å². The third kappa shape index (κ3) is 7.34. The highest BCUT2D eigenvalue weighted by molar-refractivity contribution is 7.88. The maximum atomic E-state index is 13.9. The van der Waals surface area contributed by atoms with E-state index in [-0.39, 0.29) is 41.5 Å². The maximum absolute atomic E-state index is 13.9. The van der Waals surface area contributed by atoms with Gasteiger partial charge in [0.05, 0.1) is 28.5 Å². The third-order valence-electron chi connectivity index (χ3n) is 7.27. The SMILES string of the molecule is O=C(CCC[n+]1c2ccccc2c(C(=O)Oc2c(C(F)(F)F)cccc2C(F)(F)F)c2c(OS(=O)(=O)C(F)(F)F)cccc21)On1c(O)ccc1O. The van der Waals surface area contributed by atoms with Crippen molar-refractivity contribution in [2.24, 2.45) is 0 Å². The number of aryl methyl sites for hydroxylation is 1. The highest BCUT2D eigenvalue weighted by Gasteiger charge is 2.49. The number of halogens is 9. The summed E-state index contributed by atoms with van der Waals surface area (Å²) in [6.45, 7) is -0.282. The number of pyridine rings is 1. The second-order valence-corrected chi connectivity index (χ2v) is 12.2. The zero-order valence-corrected chi connectivity index (χ0v) is 26.3. The predicted molar refractivity (Wildman–Crippen MR) is 157 cm³/mol. The maximum Gasteiger partial charge on any atom is 0.534 e. The first-order valence-corrected chi connectivity index (χ1v) is 15.7. The first-order valence-electron chi connectivity index (χ1n) is 14.3. The summed E-state index contributed by atoms with van der Waals surface area (Å²) in [7, 11) is -6.49. The molecule has 0 amide bonds. The van der Waals surface area contributed by atoms with Crippen LogP contribution in [0.1, 0.15) is 34.3 Å². The second kappa shape index (κ2) is 13.4. The number of carbonyl (C=O) groups excluding carboxylic acids is 2. The molecule has 0 unspecified atom stereocenters. The van der Waals surface area contributed by atoms with Gasteiger partial charge in [0.1, 0.15) is 11.9 Å². The van der Waals surface area contributed by atoms with Gasteiger partial charge in [-0.3, -0.25) is 0 Å². The van der Waals surface area contributed by atoms with Crippen LogP contribution in [0.5, 0.6) is 23.3 Å². The predicted octanol–water partition coefficient (Wildman–Crippen LogP) is 6.41. The highest BCUT2D eigenvalue weighted by atomic mass is 32.2. The van der Waals surface area contributed by atoms with Crippen LogP contribution in [0, 0.1) is 0 Å². The largest absolute Gasteiger partial charge is 0.534 e. The Labute approximate surface area is 284 Å². The number of nitrogens with zero attached hydrogens (tertiary/aromatic N) is 2. The van der Waals surface area contributed by atoms with Crippen LogP contribution in [0.4, 0.5) is 39.5 Å². The van der Waals surface area contributed by atoms with Crippen molar-refractivity contribution in [1.82, 2.24) is 4.73 Å². The minimum absolute atomic E-state index is 0.0352. The average molecular weight is 768 g/mol. The number of benzene rings is 3. The van der Waals surface area contributed by atoms with Crippen LogP contribution in [0.15, 0.2) is 72.8 Å². The van der Waals surface area contributed by atoms with E-state index in [9.17, 15) is 67.7 Å². The van der Waals surface area contributed by atoms with Gasteiger partial charge in [-0.2, -0.15) is 52.5 Å². The number of aromatic nitrogens is 2. The zero-order valence-electron chi connectivity index (χ0n) is 25.5. The Morgan fingerprint density at radius 3 is 1.88 bits per heavy atom. The molecule has 11 nitrogen and oxygen atoms in total. The molecular formula is C31H20F9N2O9S+. The Bertz CT molecular complexity index is 2270. The van der Waals surface area contributed by atoms with Gasteiger partial charge in [-0.1, -0.05) is 24.3 Å². The lowest BCUT2D eigenvalue weighted by Gasteiger charge is -2.19. The van der Waals surface area contributed by atoms with Crippen LogP contribution in [-0.2, 0) is 33.8 Å². The van der Waals surface area contributed by atoms with Gasteiger partial charge in [-0.25, -0.2) is 9.59 Å². The van der Waals surface area contributed by atoms with E-state index in [2.05, 4.69) is 4.18 Å². The minimum Gasteiger partial charge on any atom is -0.492 e. The Kier molecular flexibility index (Phi) is 9.69. The number of aromatic hydroxyl groups is 2. The molecule has 0 saturated carbocycles. The number of hydrogen-bond acceptors (Lipinski definition) is 9. The number of esters is 1. The summed E-state index contributed by atoms with van der Waals surface area (Å²) >= 11 is 0. The van der Waals surface area contributed by atoms with Gasteiger partial charge in [0.2, 0.25) is 22.8 Å². The molecule has 0 aliphatic heterocycles. The number of hydrogen-bond donors (Lipinski definition) is 2. The molecule has 2 N–H and O–H groups in total. The van der Waals surface area contributed by atoms with E-state index >= 15 is 0 Å². The molecule has 3 aromatic carbocycles. The van der Waals surface area contributed by atoms with Crippen LogP contribution in [-0.4, -0.2) is 40.8 Å². The van der Waals surface area contributed by atoms with Crippen LogP contribution in [0.25, 0.3) is 21.8 Å². The minimum atomic E-state index is -6.49. The lowest BCUT2D eigenvalue weighted by molar-refractivity contribution is -0.645. The Morgan fingerprint density at radius 2 is 1.31 bits per heavy atom. The topological polar surface area (TPSA) is 145 Å². The van der Waals surface area contributed by atoms with Crippen molar-refractivity contribution in [3.63, 3.8) is 0 Å². The second-order valence-electron chi connectivity index (χ2n) is 10.7. The van der Waals surface area contributed by atoms with Gasteiger partial charge in [0.25, 0.3) is 0 Å². The van der Waals surface area contributed by atoms with Crippen molar-refractivity contribution in [3.05, 3.63) is 89.5 Å². The van der Waals surface area contributed by atoms with Gasteiger partial charge in [0, 0.05) is 30.7 Å². The summed E-state index contributed by atoms with van der Waals surface area (Å²) in [5.74, 6) is -7.45. The van der Waals surface area contributed by atoms with Crippen LogP contribution >= 0.6 is 0 Å². The first-order chi connectivity index (χ1) is 24.1. The third-order valence-corrected chi connectivity index (χ3v) is 8.24. The summed E-state index contributed by atoms with van der Waals surface area (Å²) in [4.78, 5) is 31.2. The molecule has 0 aliphatic carbocycles. The molecule has 2 aromatic heterocycles. The van der Waals surface area contributed by atoms with E-state index in [1.165, 1.54) is 22.8 Å². The Hall–Kier alpha value is -5.73. The van der Waals surface area contributed by atoms with E-state index in [1.54, 1.807) is 0 Å². The van der Waals surface area contributed by atoms with Crippen molar-refractivity contribution in [1.29, 1.82) is 0 Å². The van der Waals surface area contributed by atoms with E-state index in [0.29, 0.717) is 16.9 Å². The molecular weight excluding hydrogens is 747 g/mol. The quantitative estimate of drug-likeness (QED) is 0.0331. The molecule has 52 heavy (non-hydrogen) atoms. The van der Waals surface area contributed by atoms with Crippen molar-refractivity contribution >= 4 is 43.9 Å². The van der Waals surface area contributed by atoms with Gasteiger partial charge in [0.15, 0.2) is 11.5 Å². The van der Waals surface area contributed by atoms with E-state index < -0.39 is 91.7 Å². The standard InChI is InChI=1S/C31H19F9N2O9S/c32-29(33,34)17-7-3-8-18(30(35,36)37)27(17)49-28(46)25-16-6-1-2-9-19(16)41(15-5-12-24(45)50-42-22(43)13-14-23(42)44)20-10-4-11-21(26(20)25)51-52(47,48)31(38,39)40/h1-4,6-11,13-14,46H,5,12,15H2/p+1. The summed E-state index contributed by atoms with van der Waals surface area (Å²) < 4.78 is 159. The average Bonchev–Trinajstić information content (AvgIpc) is 3.35. The number of ether oxygens (including phenoxy) is 1. The molecule has 21 heteroatoms. The molecule has 0 bridgehead atoms. The fourth-order valence-electron chi connectivity index (χ4n) is 5.13. The number of carbonyl (C=O) groups is 2. The highest BCUT2D eigenvalue weighted by Crippen LogP contribution is 2.45. The van der Waals surface area contributed by atoms with E-state index in [4.69, 9.17) is 9.57 Å². The molecule has 0 fully saturated rings. The molecule has 0 radical (unpaired) electrons. The van der Waals surface area contributed by atoms with Crippen molar-refractivity contribution in [2.45, 2.75) is 37.2 Å². The summed E-state index contributed by atoms with van der Waals surface area (Å²) in [6, 6.07) is 10.6. The molecule has 0 saturated heterocycles. The summed E-state index contributed by atoms with van der Waals surface area (Å²) in [6.07, 6.45) is -11.7.